The first-order chi connectivity index (χ1) is 8.74. The van der Waals surface area contributed by atoms with Crippen LogP contribution < -0.4 is 5.32 Å². The molecule has 102 valence electrons. The molecule has 0 aliphatic carbocycles. The van der Waals surface area contributed by atoms with Gasteiger partial charge in [0.25, 0.3) is 0 Å². The van der Waals surface area contributed by atoms with Crippen molar-refractivity contribution in [2.75, 3.05) is 26.2 Å². The summed E-state index contributed by atoms with van der Waals surface area (Å²) in [6.45, 7) is 9.29. The van der Waals surface area contributed by atoms with Crippen LogP contribution in [0.5, 0.6) is 0 Å². The fourth-order valence-electron chi connectivity index (χ4n) is 2.58. The third-order valence-corrected chi connectivity index (χ3v) is 3.47. The number of likely N-dealkylation sites (tertiary alicyclic amines) is 1. The first-order valence-electron chi connectivity index (χ1n) is 7.04. The van der Waals surface area contributed by atoms with E-state index in [1.54, 1.807) is 6.33 Å². The van der Waals surface area contributed by atoms with Gasteiger partial charge in [0.2, 0.25) is 0 Å². The average Bonchev–Trinajstić information content (AvgIpc) is 2.84. The number of rotatable bonds is 6. The van der Waals surface area contributed by atoms with Gasteiger partial charge in [-0.3, -0.25) is 5.10 Å². The van der Waals surface area contributed by atoms with Crippen molar-refractivity contribution in [1.82, 2.24) is 25.4 Å². The third kappa shape index (κ3) is 4.38. The van der Waals surface area contributed by atoms with E-state index in [1.807, 2.05) is 0 Å². The molecule has 1 aromatic heterocycles. The first-order valence-corrected chi connectivity index (χ1v) is 7.04. The van der Waals surface area contributed by atoms with Gasteiger partial charge in [-0.1, -0.05) is 13.8 Å². The van der Waals surface area contributed by atoms with E-state index in [0.717, 1.165) is 24.7 Å². The standard InChI is InChI=1S/C13H25N5/c1-11(2)9-18-7-4-12(5-8-18)14-6-3-13-15-10-16-17-13/h10-12,14H,3-9H2,1-2H3,(H,15,16,17). The number of H-pyrrole nitrogens is 1. The van der Waals surface area contributed by atoms with E-state index >= 15 is 0 Å². The maximum atomic E-state index is 4.13. The largest absolute Gasteiger partial charge is 0.313 e. The van der Waals surface area contributed by atoms with Gasteiger partial charge in [0.05, 0.1) is 0 Å². The van der Waals surface area contributed by atoms with Crippen molar-refractivity contribution in [2.45, 2.75) is 39.2 Å². The minimum Gasteiger partial charge on any atom is -0.313 e. The predicted molar refractivity (Wildman–Crippen MR) is 72.4 cm³/mol. The number of nitrogens with one attached hydrogen (secondary N) is 2. The highest BCUT2D eigenvalue weighted by atomic mass is 15.2. The van der Waals surface area contributed by atoms with Crippen molar-refractivity contribution in [3.63, 3.8) is 0 Å². The molecule has 0 unspecified atom stereocenters. The Balaban J connectivity index is 1.59. The van der Waals surface area contributed by atoms with Crippen LogP contribution in [0.1, 0.15) is 32.5 Å². The number of piperidine rings is 1. The molecular weight excluding hydrogens is 226 g/mol. The molecule has 0 amide bonds. The van der Waals surface area contributed by atoms with Crippen molar-refractivity contribution in [1.29, 1.82) is 0 Å². The molecule has 1 fully saturated rings. The van der Waals surface area contributed by atoms with E-state index in [1.165, 1.54) is 32.5 Å². The molecule has 2 rings (SSSR count). The second-order valence-electron chi connectivity index (χ2n) is 5.61. The van der Waals surface area contributed by atoms with Crippen LogP contribution in [0.4, 0.5) is 0 Å². The topological polar surface area (TPSA) is 56.8 Å². The molecule has 5 heteroatoms. The molecule has 1 aliphatic heterocycles. The molecule has 1 saturated heterocycles. The van der Waals surface area contributed by atoms with Gasteiger partial charge >= 0.3 is 0 Å². The number of aromatic nitrogens is 3. The van der Waals surface area contributed by atoms with E-state index in [4.69, 9.17) is 0 Å². The number of nitrogens with zero attached hydrogens (tertiary/aromatic N) is 3. The van der Waals surface area contributed by atoms with Crippen LogP contribution in [-0.2, 0) is 6.42 Å². The Morgan fingerprint density at radius 3 is 2.83 bits per heavy atom. The van der Waals surface area contributed by atoms with Gasteiger partial charge in [-0.05, 0) is 31.8 Å². The summed E-state index contributed by atoms with van der Waals surface area (Å²) in [4.78, 5) is 6.71. The van der Waals surface area contributed by atoms with Gasteiger partial charge < -0.3 is 10.2 Å². The Bertz CT molecular complexity index is 314. The molecule has 0 aromatic carbocycles. The van der Waals surface area contributed by atoms with E-state index < -0.39 is 0 Å². The maximum Gasteiger partial charge on any atom is 0.137 e. The summed E-state index contributed by atoms with van der Waals surface area (Å²) in [6.07, 6.45) is 5.04. The van der Waals surface area contributed by atoms with Crippen LogP contribution in [0.3, 0.4) is 0 Å². The summed E-state index contributed by atoms with van der Waals surface area (Å²) in [5, 5.41) is 10.4. The van der Waals surface area contributed by atoms with Gasteiger partial charge in [-0.25, -0.2) is 4.98 Å². The third-order valence-electron chi connectivity index (χ3n) is 3.47. The highest BCUT2D eigenvalue weighted by Crippen LogP contribution is 2.11. The van der Waals surface area contributed by atoms with Crippen LogP contribution in [0.15, 0.2) is 6.33 Å². The average molecular weight is 251 g/mol. The second-order valence-corrected chi connectivity index (χ2v) is 5.61. The molecule has 1 aliphatic rings. The maximum absolute atomic E-state index is 4.13. The van der Waals surface area contributed by atoms with Crippen molar-refractivity contribution < 1.29 is 0 Å². The zero-order valence-corrected chi connectivity index (χ0v) is 11.5. The predicted octanol–water partition coefficient (Wildman–Crippen LogP) is 1.06. The number of hydrogen-bond donors (Lipinski definition) is 2. The van der Waals surface area contributed by atoms with Crippen LogP contribution >= 0.6 is 0 Å². The highest BCUT2D eigenvalue weighted by Gasteiger charge is 2.18. The Morgan fingerprint density at radius 1 is 1.44 bits per heavy atom. The molecular formula is C13H25N5. The molecule has 0 atom stereocenters. The van der Waals surface area contributed by atoms with Gasteiger partial charge in [-0.2, -0.15) is 5.10 Å². The summed E-state index contributed by atoms with van der Waals surface area (Å²) < 4.78 is 0. The van der Waals surface area contributed by atoms with Gasteiger partial charge in [0.1, 0.15) is 12.2 Å². The lowest BCUT2D eigenvalue weighted by atomic mass is 10.0. The fourth-order valence-corrected chi connectivity index (χ4v) is 2.58. The monoisotopic (exact) mass is 251 g/mol. The number of hydrogen-bond acceptors (Lipinski definition) is 4. The highest BCUT2D eigenvalue weighted by molar-refractivity contribution is 4.83. The Morgan fingerprint density at radius 2 is 2.22 bits per heavy atom. The van der Waals surface area contributed by atoms with E-state index in [9.17, 15) is 0 Å². The molecule has 0 radical (unpaired) electrons. The molecule has 2 N–H and O–H groups in total. The normalized spacial score (nSPS) is 18.6. The molecule has 2 heterocycles. The summed E-state index contributed by atoms with van der Waals surface area (Å²) in [7, 11) is 0. The molecule has 0 saturated carbocycles. The van der Waals surface area contributed by atoms with Crippen LogP contribution in [0, 0.1) is 5.92 Å². The lowest BCUT2D eigenvalue weighted by molar-refractivity contribution is 0.180. The zero-order valence-electron chi connectivity index (χ0n) is 11.5. The Hall–Kier alpha value is -0.940. The van der Waals surface area contributed by atoms with Gasteiger partial charge in [0.15, 0.2) is 0 Å². The van der Waals surface area contributed by atoms with Crippen molar-refractivity contribution in [3.8, 4) is 0 Å². The summed E-state index contributed by atoms with van der Waals surface area (Å²) in [5.41, 5.74) is 0. The van der Waals surface area contributed by atoms with Crippen molar-refractivity contribution in [3.05, 3.63) is 12.2 Å². The molecule has 0 bridgehead atoms. The smallest absolute Gasteiger partial charge is 0.137 e. The fraction of sp³-hybridized carbons (Fsp3) is 0.846. The van der Waals surface area contributed by atoms with Crippen molar-refractivity contribution in [2.24, 2.45) is 5.92 Å². The molecule has 18 heavy (non-hydrogen) atoms. The minimum atomic E-state index is 0.677. The Kier molecular flexibility index (Phi) is 5.13. The van der Waals surface area contributed by atoms with E-state index in [0.29, 0.717) is 6.04 Å². The Labute approximate surface area is 109 Å². The SMILES string of the molecule is CC(C)CN1CCC(NCCc2ncn[nH]2)CC1. The van der Waals surface area contributed by atoms with Crippen LogP contribution in [-0.4, -0.2) is 52.3 Å². The van der Waals surface area contributed by atoms with Gasteiger partial charge in [-0.15, -0.1) is 0 Å². The lowest BCUT2D eigenvalue weighted by Crippen LogP contribution is -2.44. The molecule has 0 spiro atoms. The summed E-state index contributed by atoms with van der Waals surface area (Å²) >= 11 is 0. The first kappa shape index (κ1) is 13.5. The number of aromatic amines is 1. The van der Waals surface area contributed by atoms with Gasteiger partial charge in [0, 0.05) is 25.6 Å². The quantitative estimate of drug-likeness (QED) is 0.794. The molecule has 1 aromatic rings. The minimum absolute atomic E-state index is 0.677. The second kappa shape index (κ2) is 6.85. The lowest BCUT2D eigenvalue weighted by Gasteiger charge is -2.33. The van der Waals surface area contributed by atoms with Crippen molar-refractivity contribution >= 4 is 0 Å². The van der Waals surface area contributed by atoms with E-state index in [2.05, 4.69) is 39.2 Å². The summed E-state index contributed by atoms with van der Waals surface area (Å²) in [6, 6.07) is 0.677. The molecule has 5 nitrogen and oxygen atoms in total. The van der Waals surface area contributed by atoms with E-state index in [-0.39, 0.29) is 0 Å². The van der Waals surface area contributed by atoms with Crippen LogP contribution in [0.2, 0.25) is 0 Å². The van der Waals surface area contributed by atoms with Crippen LogP contribution in [0.25, 0.3) is 0 Å². The zero-order chi connectivity index (χ0) is 12.8. The summed E-state index contributed by atoms with van der Waals surface area (Å²) in [5.74, 6) is 1.75.